The summed E-state index contributed by atoms with van der Waals surface area (Å²) in [6.07, 6.45) is 12.7. The number of morpholine rings is 1. The van der Waals surface area contributed by atoms with E-state index < -0.39 is 5.54 Å². The maximum Gasteiger partial charge on any atom is 0.224 e. The van der Waals surface area contributed by atoms with Gasteiger partial charge in [-0.3, -0.25) is 14.5 Å². The molecule has 34 heavy (non-hydrogen) atoms. The van der Waals surface area contributed by atoms with Gasteiger partial charge in [-0.05, 0) is 37.5 Å². The summed E-state index contributed by atoms with van der Waals surface area (Å²) in [4.78, 5) is 31.0. The summed E-state index contributed by atoms with van der Waals surface area (Å²) in [6, 6.07) is 3.00. The van der Waals surface area contributed by atoms with E-state index in [4.69, 9.17) is 4.74 Å². The van der Waals surface area contributed by atoms with Gasteiger partial charge in [0.2, 0.25) is 11.8 Å². The topological polar surface area (TPSA) is 85.7 Å². The number of amides is 2. The predicted octanol–water partition coefficient (Wildman–Crippen LogP) is 3.48. The average molecular weight is 473 g/mol. The Bertz CT molecular complexity index is 741. The van der Waals surface area contributed by atoms with Crippen LogP contribution >= 0.6 is 0 Å². The van der Waals surface area contributed by atoms with Crippen molar-refractivity contribution in [3.8, 4) is 6.07 Å². The van der Waals surface area contributed by atoms with Crippen molar-refractivity contribution in [1.29, 1.82) is 5.26 Å². The molecule has 1 N–H and O–H groups in total. The number of carbonyl (C=O) groups excluding carboxylic acids is 2. The lowest BCUT2D eigenvalue weighted by atomic mass is 9.81. The number of nitrogens with zero attached hydrogens (tertiary/aromatic N) is 3. The summed E-state index contributed by atoms with van der Waals surface area (Å²) in [5, 5.41) is 13.3. The van der Waals surface area contributed by atoms with Gasteiger partial charge in [0.1, 0.15) is 5.54 Å². The summed E-state index contributed by atoms with van der Waals surface area (Å²) < 4.78 is 5.39. The fourth-order valence-corrected chi connectivity index (χ4v) is 6.78. The number of likely N-dealkylation sites (tertiary alicyclic amines) is 1. The first-order valence-electron chi connectivity index (χ1n) is 13.8. The average Bonchev–Trinajstić information content (AvgIpc) is 3.29. The molecule has 0 bridgehead atoms. The van der Waals surface area contributed by atoms with Crippen LogP contribution in [-0.2, 0) is 14.3 Å². The van der Waals surface area contributed by atoms with Crippen LogP contribution in [0, 0.1) is 29.1 Å². The highest BCUT2D eigenvalue weighted by Gasteiger charge is 2.44. The SMILES string of the molecule is C[C@H]1CCCC[C@H]1N1CC[C@@](C#N)(NC(=O)[C@@H](CC(=O)N2CCOCC2)CC2CCCCC2)C1. The summed E-state index contributed by atoms with van der Waals surface area (Å²) in [5.41, 5.74) is -0.832. The van der Waals surface area contributed by atoms with Crippen molar-refractivity contribution in [2.24, 2.45) is 17.8 Å². The normalized spacial score (nSPS) is 32.2. The Kier molecular flexibility index (Phi) is 8.87. The minimum atomic E-state index is -0.832. The molecule has 0 spiro atoms. The zero-order valence-electron chi connectivity index (χ0n) is 21.1. The van der Waals surface area contributed by atoms with Crippen LogP contribution in [0.2, 0.25) is 0 Å². The molecule has 0 unspecified atom stereocenters. The highest BCUT2D eigenvalue weighted by Crippen LogP contribution is 2.34. The van der Waals surface area contributed by atoms with Crippen molar-refractivity contribution in [3.63, 3.8) is 0 Å². The van der Waals surface area contributed by atoms with Gasteiger partial charge in [-0.1, -0.05) is 51.9 Å². The maximum absolute atomic E-state index is 13.6. The Hall–Kier alpha value is -1.65. The van der Waals surface area contributed by atoms with Gasteiger partial charge in [0.05, 0.1) is 19.3 Å². The molecule has 190 valence electrons. The molecule has 0 aromatic heterocycles. The Morgan fingerprint density at radius 3 is 2.47 bits per heavy atom. The number of nitrogens with one attached hydrogen (secondary N) is 1. The largest absolute Gasteiger partial charge is 0.378 e. The number of hydrogen-bond acceptors (Lipinski definition) is 5. The van der Waals surface area contributed by atoms with Gasteiger partial charge in [-0.25, -0.2) is 0 Å². The van der Waals surface area contributed by atoms with Gasteiger partial charge >= 0.3 is 0 Å². The first-order valence-corrected chi connectivity index (χ1v) is 13.8. The molecule has 4 fully saturated rings. The van der Waals surface area contributed by atoms with Gasteiger partial charge in [0, 0.05) is 44.6 Å². The van der Waals surface area contributed by atoms with E-state index in [0.29, 0.717) is 57.1 Å². The number of ether oxygens (including phenoxy) is 1. The van der Waals surface area contributed by atoms with Crippen LogP contribution in [0.1, 0.15) is 84.0 Å². The van der Waals surface area contributed by atoms with Crippen LogP contribution < -0.4 is 5.32 Å². The third-order valence-electron chi connectivity index (χ3n) is 8.91. The van der Waals surface area contributed by atoms with E-state index in [1.165, 1.54) is 44.9 Å². The van der Waals surface area contributed by atoms with Crippen LogP contribution in [0.3, 0.4) is 0 Å². The van der Waals surface area contributed by atoms with Crippen molar-refractivity contribution in [1.82, 2.24) is 15.1 Å². The fourth-order valence-electron chi connectivity index (χ4n) is 6.78. The number of rotatable bonds is 7. The summed E-state index contributed by atoms with van der Waals surface area (Å²) >= 11 is 0. The van der Waals surface area contributed by atoms with Gasteiger partial charge < -0.3 is 15.0 Å². The number of nitriles is 1. The van der Waals surface area contributed by atoms with Crippen LogP contribution in [-0.4, -0.2) is 72.6 Å². The lowest BCUT2D eigenvalue weighted by molar-refractivity contribution is -0.140. The zero-order valence-corrected chi connectivity index (χ0v) is 21.1. The molecule has 0 aromatic carbocycles. The van der Waals surface area contributed by atoms with Crippen LogP contribution in [0.5, 0.6) is 0 Å². The Morgan fingerprint density at radius 2 is 1.76 bits per heavy atom. The molecular weight excluding hydrogens is 428 g/mol. The van der Waals surface area contributed by atoms with Gasteiger partial charge in [0.15, 0.2) is 0 Å². The van der Waals surface area contributed by atoms with E-state index in [1.807, 2.05) is 4.90 Å². The molecule has 2 aliphatic heterocycles. The lowest BCUT2D eigenvalue weighted by Crippen LogP contribution is -2.53. The lowest BCUT2D eigenvalue weighted by Gasteiger charge is -2.37. The Labute approximate surface area is 205 Å². The van der Waals surface area contributed by atoms with Crippen molar-refractivity contribution in [2.75, 3.05) is 39.4 Å². The second-order valence-corrected chi connectivity index (χ2v) is 11.4. The molecular formula is C27H44N4O3. The minimum Gasteiger partial charge on any atom is -0.378 e. The molecule has 4 rings (SSSR count). The molecule has 7 nitrogen and oxygen atoms in total. The molecule has 4 aliphatic rings. The number of carbonyl (C=O) groups is 2. The van der Waals surface area contributed by atoms with E-state index in [9.17, 15) is 14.9 Å². The molecule has 0 radical (unpaired) electrons. The Morgan fingerprint density at radius 1 is 1.06 bits per heavy atom. The summed E-state index contributed by atoms with van der Waals surface area (Å²) in [6.45, 7) is 6.14. The number of hydrogen-bond donors (Lipinski definition) is 1. The van der Waals surface area contributed by atoms with Crippen LogP contribution in [0.15, 0.2) is 0 Å². The molecule has 2 heterocycles. The molecule has 2 saturated carbocycles. The van der Waals surface area contributed by atoms with Crippen LogP contribution in [0.25, 0.3) is 0 Å². The third kappa shape index (κ3) is 6.31. The van der Waals surface area contributed by atoms with E-state index in [1.54, 1.807) is 0 Å². The van der Waals surface area contributed by atoms with E-state index >= 15 is 0 Å². The van der Waals surface area contributed by atoms with Crippen molar-refractivity contribution in [2.45, 2.75) is 95.6 Å². The monoisotopic (exact) mass is 472 g/mol. The van der Waals surface area contributed by atoms with Crippen LogP contribution in [0.4, 0.5) is 0 Å². The van der Waals surface area contributed by atoms with Crippen molar-refractivity contribution < 1.29 is 14.3 Å². The summed E-state index contributed by atoms with van der Waals surface area (Å²) in [7, 11) is 0. The minimum absolute atomic E-state index is 0.0503. The standard InChI is InChI=1S/C27H44N4O3/c1-21-7-5-6-10-24(21)31-12-11-27(19-28,20-31)29-26(33)23(17-22-8-3-2-4-9-22)18-25(32)30-13-15-34-16-14-30/h21-24H,2-18,20H2,1H3,(H,29,33)/t21-,23+,24+,27-/m0/s1. The quantitative estimate of drug-likeness (QED) is 0.613. The highest BCUT2D eigenvalue weighted by atomic mass is 16.5. The van der Waals surface area contributed by atoms with Gasteiger partial charge in [-0.15, -0.1) is 0 Å². The first kappa shape index (κ1) is 25.4. The highest BCUT2D eigenvalue weighted by molar-refractivity contribution is 5.86. The van der Waals surface area contributed by atoms with E-state index in [0.717, 1.165) is 25.8 Å². The van der Waals surface area contributed by atoms with Gasteiger partial charge in [-0.2, -0.15) is 5.26 Å². The first-order chi connectivity index (χ1) is 16.5. The second-order valence-electron chi connectivity index (χ2n) is 11.4. The summed E-state index contributed by atoms with van der Waals surface area (Å²) in [5.74, 6) is 0.750. The molecule has 7 heteroatoms. The maximum atomic E-state index is 13.6. The smallest absolute Gasteiger partial charge is 0.224 e. The van der Waals surface area contributed by atoms with Crippen molar-refractivity contribution >= 4 is 11.8 Å². The van der Waals surface area contributed by atoms with Crippen molar-refractivity contribution in [3.05, 3.63) is 0 Å². The van der Waals surface area contributed by atoms with E-state index in [2.05, 4.69) is 23.2 Å². The Balaban J connectivity index is 1.41. The molecule has 2 aliphatic carbocycles. The van der Waals surface area contributed by atoms with E-state index in [-0.39, 0.29) is 24.2 Å². The predicted molar refractivity (Wildman–Crippen MR) is 131 cm³/mol. The third-order valence-corrected chi connectivity index (χ3v) is 8.91. The molecule has 0 aromatic rings. The molecule has 4 atom stereocenters. The molecule has 2 saturated heterocycles. The second kappa shape index (κ2) is 11.9. The molecule has 2 amide bonds. The van der Waals surface area contributed by atoms with Gasteiger partial charge in [0.25, 0.3) is 0 Å². The zero-order chi connectivity index (χ0) is 24.0. The fraction of sp³-hybridized carbons (Fsp3) is 0.889.